The lowest BCUT2D eigenvalue weighted by atomic mass is 9.92. The lowest BCUT2D eigenvalue weighted by Gasteiger charge is -2.36. The summed E-state index contributed by atoms with van der Waals surface area (Å²) in [5.74, 6) is 0.987. The van der Waals surface area contributed by atoms with Crippen LogP contribution in [0.1, 0.15) is 115 Å². The second-order valence-corrected chi connectivity index (χ2v) is 29.5. The molecule has 0 aliphatic carbocycles. The van der Waals surface area contributed by atoms with E-state index < -0.39 is 25.0 Å². The van der Waals surface area contributed by atoms with Gasteiger partial charge in [0.15, 0.2) is 25.0 Å². The van der Waals surface area contributed by atoms with Crippen molar-refractivity contribution in [3.63, 3.8) is 0 Å². The Kier molecular flexibility index (Phi) is 21.1. The molecule has 0 fully saturated rings. The normalized spacial score (nSPS) is 16.5. The molecule has 0 aromatic heterocycles. The van der Waals surface area contributed by atoms with Gasteiger partial charge in [0.25, 0.3) is 0 Å². The average molecular weight is 681 g/mol. The first-order valence-corrected chi connectivity index (χ1v) is 26.4. The van der Waals surface area contributed by atoms with Gasteiger partial charge in [0, 0.05) is 12.8 Å². The lowest BCUT2D eigenvalue weighted by molar-refractivity contribution is -0.119. The molecule has 7 heteroatoms. The molecule has 0 N–H and O–H groups in total. The number of hydrogen-bond donors (Lipinski definition) is 0. The molecule has 0 amide bonds. The molecule has 0 aliphatic rings. The Morgan fingerprint density at radius 1 is 0.800 bits per heavy atom. The monoisotopic (exact) mass is 681 g/mol. The van der Waals surface area contributed by atoms with Crippen LogP contribution in [0.15, 0.2) is 36.5 Å². The van der Waals surface area contributed by atoms with Crippen molar-refractivity contribution in [2.75, 3.05) is 6.61 Å². The molecule has 0 aliphatic heterocycles. The van der Waals surface area contributed by atoms with E-state index >= 15 is 0 Å². The average Bonchev–Trinajstić information content (AvgIpc) is 3.00. The largest absolute Gasteiger partial charge is 0.413 e. The maximum Gasteiger partial charge on any atom is 0.192 e. The topological polar surface area (TPSA) is 44.8 Å². The molecule has 0 aromatic carbocycles. The maximum atomic E-state index is 13.2. The van der Waals surface area contributed by atoms with Crippen LogP contribution < -0.4 is 0 Å². The molecule has 0 spiro atoms. The smallest absolute Gasteiger partial charge is 0.192 e. The maximum absolute atomic E-state index is 13.2. The fourth-order valence-electron chi connectivity index (χ4n) is 5.68. The van der Waals surface area contributed by atoms with Gasteiger partial charge in [-0.25, -0.2) is 0 Å². The van der Waals surface area contributed by atoms with Crippen LogP contribution in [0.3, 0.4) is 0 Å². The van der Waals surface area contributed by atoms with E-state index in [0.29, 0.717) is 31.1 Å². The highest BCUT2D eigenvalue weighted by molar-refractivity contribution is 6.74. The van der Waals surface area contributed by atoms with E-state index in [4.69, 9.17) is 13.3 Å². The third kappa shape index (κ3) is 15.5. The van der Waals surface area contributed by atoms with Gasteiger partial charge in [-0.2, -0.15) is 0 Å². The summed E-state index contributed by atoms with van der Waals surface area (Å²) in [7, 11) is -5.30. The van der Waals surface area contributed by atoms with E-state index in [1.54, 1.807) is 0 Å². The van der Waals surface area contributed by atoms with Gasteiger partial charge in [0.2, 0.25) is 0 Å². The van der Waals surface area contributed by atoms with E-state index in [0.717, 1.165) is 55.5 Å². The third-order valence-corrected chi connectivity index (χ3v) is 25.0. The molecule has 4 nitrogen and oxygen atoms in total. The number of hydrogen-bond acceptors (Lipinski definition) is 4. The van der Waals surface area contributed by atoms with Crippen molar-refractivity contribution in [2.24, 2.45) is 11.8 Å². The number of Topliss-reactive ketones (excluding diaryl/α,β-unsaturated/α-hetero) is 1. The third-order valence-electron chi connectivity index (χ3n) is 11.2. The molecule has 0 rings (SSSR count). The van der Waals surface area contributed by atoms with Crippen LogP contribution >= 0.6 is 0 Å². The molecule has 264 valence electrons. The van der Waals surface area contributed by atoms with Gasteiger partial charge < -0.3 is 13.3 Å². The minimum atomic E-state index is -1.82. The molecule has 0 radical (unpaired) electrons. The number of ketones is 1. The molecular formula is C38H76O4Si3. The second-order valence-electron chi connectivity index (χ2n) is 15.2. The summed E-state index contributed by atoms with van der Waals surface area (Å²) < 4.78 is 20.3. The van der Waals surface area contributed by atoms with Gasteiger partial charge >= 0.3 is 0 Å². The van der Waals surface area contributed by atoms with Crippen molar-refractivity contribution >= 4 is 30.7 Å². The summed E-state index contributed by atoms with van der Waals surface area (Å²) in [6.45, 7) is 36.5. The van der Waals surface area contributed by atoms with Crippen LogP contribution in [0.4, 0.5) is 0 Å². The van der Waals surface area contributed by atoms with Gasteiger partial charge in [-0.15, -0.1) is 6.58 Å². The van der Waals surface area contributed by atoms with Crippen molar-refractivity contribution in [3.8, 4) is 0 Å². The van der Waals surface area contributed by atoms with E-state index in [1.807, 2.05) is 6.08 Å². The summed E-state index contributed by atoms with van der Waals surface area (Å²) >= 11 is 0. The van der Waals surface area contributed by atoms with Crippen LogP contribution in [0, 0.1) is 11.8 Å². The number of allylic oxidation sites excluding steroid dienone is 2. The van der Waals surface area contributed by atoms with Crippen LogP contribution in [0.5, 0.6) is 0 Å². The van der Waals surface area contributed by atoms with E-state index in [1.165, 1.54) is 5.57 Å². The summed E-state index contributed by atoms with van der Waals surface area (Å²) in [4.78, 5) is 13.2. The van der Waals surface area contributed by atoms with Crippen molar-refractivity contribution in [1.82, 2.24) is 0 Å². The summed E-state index contributed by atoms with van der Waals surface area (Å²) in [6, 6.07) is 6.80. The van der Waals surface area contributed by atoms with Crippen LogP contribution in [0.2, 0.25) is 54.4 Å². The van der Waals surface area contributed by atoms with Crippen LogP contribution in [0.25, 0.3) is 0 Å². The lowest BCUT2D eigenvalue weighted by Crippen LogP contribution is -2.42. The standard InChI is InChI=1S/C38H76O4Si3/c1-16-23-36(41-44(17-2,18-3)19-4)33(9)25-27-35(39)28-26-34(10)37(42-45(20-5,21-6)22-7)29-24-32(8)30-31-40-43(14,15)38(11,12)13/h16,24,29-30,33-34,36-37H,1,17-23,25-28,31H2,2-15H3/b29-24+,32-30+/t33-,34-,36+,37-/m0/s1. The molecule has 0 aromatic rings. The molecule has 0 bridgehead atoms. The number of carbonyl (C=O) groups is 1. The highest BCUT2D eigenvalue weighted by Crippen LogP contribution is 2.36. The molecule has 0 heterocycles. The Bertz CT molecular complexity index is 881. The highest BCUT2D eigenvalue weighted by atomic mass is 28.4. The van der Waals surface area contributed by atoms with E-state index in [9.17, 15) is 4.79 Å². The minimum absolute atomic E-state index is 0.0217. The van der Waals surface area contributed by atoms with Gasteiger partial charge in [0.05, 0.1) is 18.8 Å². The molecule has 0 saturated heterocycles. The van der Waals surface area contributed by atoms with Crippen molar-refractivity contribution in [3.05, 3.63) is 36.5 Å². The second kappa shape index (κ2) is 21.4. The number of rotatable bonds is 25. The van der Waals surface area contributed by atoms with E-state index in [-0.39, 0.29) is 23.2 Å². The molecular weight excluding hydrogens is 605 g/mol. The first-order chi connectivity index (χ1) is 20.9. The summed E-state index contributed by atoms with van der Waals surface area (Å²) in [5, 5.41) is 0.205. The minimum Gasteiger partial charge on any atom is -0.413 e. The molecule has 4 atom stereocenters. The van der Waals surface area contributed by atoms with Crippen molar-refractivity contribution < 1.29 is 18.1 Å². The van der Waals surface area contributed by atoms with Crippen molar-refractivity contribution in [2.45, 2.75) is 182 Å². The quantitative estimate of drug-likeness (QED) is 0.0547. The molecule has 0 saturated carbocycles. The highest BCUT2D eigenvalue weighted by Gasteiger charge is 2.37. The summed E-state index contributed by atoms with van der Waals surface area (Å²) in [6.07, 6.45) is 12.7. The van der Waals surface area contributed by atoms with Crippen molar-refractivity contribution in [1.29, 1.82) is 0 Å². The zero-order valence-electron chi connectivity index (χ0n) is 32.4. The zero-order chi connectivity index (χ0) is 34.9. The predicted molar refractivity (Wildman–Crippen MR) is 207 cm³/mol. The Balaban J connectivity index is 5.49. The van der Waals surface area contributed by atoms with Crippen LogP contribution in [-0.2, 0) is 18.1 Å². The van der Waals surface area contributed by atoms with Gasteiger partial charge in [-0.3, -0.25) is 4.79 Å². The van der Waals surface area contributed by atoms with Gasteiger partial charge in [0.1, 0.15) is 5.78 Å². The Hall–Kier alpha value is -0.579. The molecule has 45 heavy (non-hydrogen) atoms. The van der Waals surface area contributed by atoms with Gasteiger partial charge in [-0.1, -0.05) is 106 Å². The predicted octanol–water partition coefficient (Wildman–Crippen LogP) is 12.3. The Labute approximate surface area is 284 Å². The Morgan fingerprint density at radius 3 is 1.71 bits per heavy atom. The Morgan fingerprint density at radius 2 is 1.27 bits per heavy atom. The fourth-order valence-corrected chi connectivity index (χ4v) is 12.5. The van der Waals surface area contributed by atoms with Gasteiger partial charge in [-0.05, 0) is 92.4 Å². The SMILES string of the molecule is C=CC[C@@H](O[Si](CC)(CC)CC)[C@@H](C)CCC(=O)CC[C@H](C)[C@H](/C=C/C(C)=C/CO[Si](C)(C)C(C)(C)C)O[Si](CC)(CC)CC. The zero-order valence-corrected chi connectivity index (χ0v) is 35.4. The summed E-state index contributed by atoms with van der Waals surface area (Å²) in [5.41, 5.74) is 1.20. The first kappa shape index (κ1) is 44.4. The fraction of sp³-hybridized carbons (Fsp3) is 0.816. The molecule has 0 unspecified atom stereocenters. The number of carbonyl (C=O) groups excluding carboxylic acids is 1. The van der Waals surface area contributed by atoms with E-state index in [2.05, 4.69) is 121 Å². The first-order valence-electron chi connectivity index (χ1n) is 18.4. The van der Waals surface area contributed by atoms with Crippen LogP contribution in [-0.4, -0.2) is 49.6 Å².